The van der Waals surface area contributed by atoms with E-state index < -0.39 is 10.0 Å². The Morgan fingerprint density at radius 2 is 1.84 bits per heavy atom. The fourth-order valence-corrected chi connectivity index (χ4v) is 4.59. The Kier molecular flexibility index (Phi) is 5.71. The molecule has 0 bridgehead atoms. The van der Waals surface area contributed by atoms with Crippen molar-refractivity contribution < 1.29 is 8.42 Å². The van der Waals surface area contributed by atoms with Crippen LogP contribution in [0.15, 0.2) is 60.8 Å². The van der Waals surface area contributed by atoms with Gasteiger partial charge in [0.2, 0.25) is 10.0 Å². The first-order valence-corrected chi connectivity index (χ1v) is 12.7. The van der Waals surface area contributed by atoms with Crippen LogP contribution in [0.2, 0.25) is 0 Å². The quantitative estimate of drug-likeness (QED) is 0.415. The standard InChI is InChI=1S/C24H24N4O2S2/c1-24(2,3)26-23-22(25-21-10-5-6-15-28(21)23)20-14-13-19(31-20)12-11-17-8-7-9-18(16-17)27-32(4,29)30/h5-10,13-16,26-27H,1-4H3. The Morgan fingerprint density at radius 1 is 1.03 bits per heavy atom. The van der Waals surface area contributed by atoms with Crippen molar-refractivity contribution >= 4 is 38.5 Å². The molecular formula is C24H24N4O2S2. The van der Waals surface area contributed by atoms with E-state index in [1.165, 1.54) is 0 Å². The number of nitrogens with zero attached hydrogens (tertiary/aromatic N) is 2. The second kappa shape index (κ2) is 8.34. The normalized spacial score (nSPS) is 11.8. The highest BCUT2D eigenvalue weighted by atomic mass is 32.2. The summed E-state index contributed by atoms with van der Waals surface area (Å²) in [5.74, 6) is 7.25. The number of fused-ring (bicyclic) bond motifs is 1. The highest BCUT2D eigenvalue weighted by Crippen LogP contribution is 2.35. The Balaban J connectivity index is 1.66. The monoisotopic (exact) mass is 464 g/mol. The van der Waals surface area contributed by atoms with Gasteiger partial charge in [-0.05, 0) is 63.2 Å². The molecule has 0 aliphatic carbocycles. The van der Waals surface area contributed by atoms with Crippen LogP contribution in [0.1, 0.15) is 31.2 Å². The highest BCUT2D eigenvalue weighted by molar-refractivity contribution is 7.92. The molecular weight excluding hydrogens is 440 g/mol. The van der Waals surface area contributed by atoms with E-state index in [4.69, 9.17) is 4.98 Å². The molecule has 0 atom stereocenters. The number of pyridine rings is 1. The minimum atomic E-state index is -3.33. The van der Waals surface area contributed by atoms with Gasteiger partial charge in [0.05, 0.1) is 16.0 Å². The molecule has 0 unspecified atom stereocenters. The van der Waals surface area contributed by atoms with Crippen molar-refractivity contribution in [3.63, 3.8) is 0 Å². The summed E-state index contributed by atoms with van der Waals surface area (Å²) < 4.78 is 27.4. The van der Waals surface area contributed by atoms with Gasteiger partial charge in [0.15, 0.2) is 0 Å². The van der Waals surface area contributed by atoms with Crippen molar-refractivity contribution in [2.45, 2.75) is 26.3 Å². The lowest BCUT2D eigenvalue weighted by atomic mass is 10.1. The van der Waals surface area contributed by atoms with Gasteiger partial charge in [-0.15, -0.1) is 11.3 Å². The number of nitrogens with one attached hydrogen (secondary N) is 2. The molecule has 4 rings (SSSR count). The largest absolute Gasteiger partial charge is 0.365 e. The molecule has 0 saturated heterocycles. The van der Waals surface area contributed by atoms with E-state index in [-0.39, 0.29) is 5.54 Å². The average molecular weight is 465 g/mol. The van der Waals surface area contributed by atoms with Gasteiger partial charge in [-0.25, -0.2) is 13.4 Å². The topological polar surface area (TPSA) is 75.5 Å². The molecule has 8 heteroatoms. The van der Waals surface area contributed by atoms with Crippen molar-refractivity contribution in [2.24, 2.45) is 0 Å². The molecule has 0 spiro atoms. The summed E-state index contributed by atoms with van der Waals surface area (Å²) in [4.78, 5) is 6.77. The van der Waals surface area contributed by atoms with Crippen LogP contribution in [-0.2, 0) is 10.0 Å². The van der Waals surface area contributed by atoms with E-state index in [0.717, 1.165) is 38.7 Å². The molecule has 0 amide bonds. The van der Waals surface area contributed by atoms with Crippen molar-refractivity contribution in [3.05, 3.63) is 71.2 Å². The van der Waals surface area contributed by atoms with Crippen molar-refractivity contribution in [1.29, 1.82) is 0 Å². The Labute approximate surface area is 192 Å². The summed E-state index contributed by atoms with van der Waals surface area (Å²) in [7, 11) is -3.33. The molecule has 6 nitrogen and oxygen atoms in total. The minimum Gasteiger partial charge on any atom is -0.365 e. The van der Waals surface area contributed by atoms with Crippen LogP contribution < -0.4 is 10.0 Å². The molecule has 0 saturated carbocycles. The molecule has 4 aromatic rings. The molecule has 164 valence electrons. The smallest absolute Gasteiger partial charge is 0.229 e. The van der Waals surface area contributed by atoms with E-state index in [0.29, 0.717) is 5.69 Å². The first kappa shape index (κ1) is 21.9. The third kappa shape index (κ3) is 5.31. The number of hydrogen-bond donors (Lipinski definition) is 2. The number of benzene rings is 1. The summed E-state index contributed by atoms with van der Waals surface area (Å²) in [5, 5.41) is 3.58. The Morgan fingerprint density at radius 3 is 2.59 bits per heavy atom. The summed E-state index contributed by atoms with van der Waals surface area (Å²) in [5.41, 5.74) is 2.88. The van der Waals surface area contributed by atoms with Crippen molar-refractivity contribution in [2.75, 3.05) is 16.3 Å². The number of sulfonamides is 1. The van der Waals surface area contributed by atoms with Crippen LogP contribution in [0.25, 0.3) is 16.2 Å². The molecule has 0 fully saturated rings. The molecule has 3 aromatic heterocycles. The van der Waals surface area contributed by atoms with Gasteiger partial charge in [0.1, 0.15) is 17.2 Å². The first-order valence-electron chi connectivity index (χ1n) is 10.0. The second-order valence-electron chi connectivity index (χ2n) is 8.48. The Hall–Kier alpha value is -3.28. The molecule has 1 aromatic carbocycles. The zero-order valence-electron chi connectivity index (χ0n) is 18.3. The third-order valence-corrected chi connectivity index (χ3v) is 5.97. The fraction of sp³-hybridized carbons (Fsp3) is 0.208. The molecule has 0 radical (unpaired) electrons. The fourth-order valence-electron chi connectivity index (χ4n) is 3.18. The lowest BCUT2D eigenvalue weighted by Crippen LogP contribution is -2.27. The van der Waals surface area contributed by atoms with Gasteiger partial charge >= 0.3 is 0 Å². The van der Waals surface area contributed by atoms with Gasteiger partial charge in [-0.1, -0.05) is 24.0 Å². The Bertz CT molecular complexity index is 1450. The predicted octanol–water partition coefficient (Wildman–Crippen LogP) is 5.04. The van der Waals surface area contributed by atoms with E-state index in [1.54, 1.807) is 29.5 Å². The van der Waals surface area contributed by atoms with Gasteiger partial charge in [0, 0.05) is 23.0 Å². The van der Waals surface area contributed by atoms with Gasteiger partial charge in [-0.2, -0.15) is 0 Å². The maximum Gasteiger partial charge on any atom is 0.229 e. The highest BCUT2D eigenvalue weighted by Gasteiger charge is 2.20. The molecule has 2 N–H and O–H groups in total. The minimum absolute atomic E-state index is 0.120. The third-order valence-electron chi connectivity index (χ3n) is 4.36. The van der Waals surface area contributed by atoms with Crippen molar-refractivity contribution in [1.82, 2.24) is 9.38 Å². The average Bonchev–Trinajstić information content (AvgIpc) is 3.29. The van der Waals surface area contributed by atoms with E-state index >= 15 is 0 Å². The van der Waals surface area contributed by atoms with Gasteiger partial charge in [-0.3, -0.25) is 9.12 Å². The molecule has 0 aliphatic heterocycles. The summed E-state index contributed by atoms with van der Waals surface area (Å²) in [6, 6.07) is 17.0. The molecule has 3 heterocycles. The van der Waals surface area contributed by atoms with Crippen molar-refractivity contribution in [3.8, 4) is 22.4 Å². The lowest BCUT2D eigenvalue weighted by molar-refractivity contribution is 0.607. The van der Waals surface area contributed by atoms with Crippen LogP contribution in [0, 0.1) is 11.8 Å². The molecule has 0 aliphatic rings. The number of hydrogen-bond acceptors (Lipinski definition) is 5. The zero-order valence-corrected chi connectivity index (χ0v) is 19.9. The summed E-state index contributed by atoms with van der Waals surface area (Å²) in [6.45, 7) is 6.37. The molecule has 32 heavy (non-hydrogen) atoms. The first-order chi connectivity index (χ1) is 15.1. The predicted molar refractivity (Wildman–Crippen MR) is 133 cm³/mol. The number of anilines is 2. The second-order valence-corrected chi connectivity index (χ2v) is 11.3. The lowest BCUT2D eigenvalue weighted by Gasteiger charge is -2.22. The van der Waals surface area contributed by atoms with Crippen LogP contribution in [0.5, 0.6) is 0 Å². The van der Waals surface area contributed by atoms with Crippen LogP contribution in [-0.4, -0.2) is 29.6 Å². The maximum atomic E-state index is 11.4. The van der Waals surface area contributed by atoms with Gasteiger partial charge in [0.25, 0.3) is 0 Å². The summed E-state index contributed by atoms with van der Waals surface area (Å²) in [6.07, 6.45) is 3.13. The van der Waals surface area contributed by atoms with Crippen LogP contribution in [0.4, 0.5) is 11.5 Å². The van der Waals surface area contributed by atoms with Gasteiger partial charge < -0.3 is 5.32 Å². The number of rotatable bonds is 4. The van der Waals surface area contributed by atoms with E-state index in [9.17, 15) is 8.42 Å². The van der Waals surface area contributed by atoms with E-state index in [2.05, 4.69) is 47.1 Å². The summed E-state index contributed by atoms with van der Waals surface area (Å²) >= 11 is 1.57. The maximum absolute atomic E-state index is 11.4. The van der Waals surface area contributed by atoms with E-state index in [1.807, 2.05) is 42.6 Å². The number of thiophene rings is 1. The zero-order chi connectivity index (χ0) is 22.9. The van der Waals surface area contributed by atoms with Crippen LogP contribution in [0.3, 0.4) is 0 Å². The number of aromatic nitrogens is 2. The van der Waals surface area contributed by atoms with Crippen LogP contribution >= 0.6 is 11.3 Å². The number of imidazole rings is 1. The SMILES string of the molecule is CC(C)(C)Nc1c(-c2ccc(C#Cc3cccc(NS(C)(=O)=O)c3)s2)nc2ccccn12.